The van der Waals surface area contributed by atoms with Crippen molar-refractivity contribution in [3.63, 3.8) is 0 Å². The van der Waals surface area contributed by atoms with Crippen molar-refractivity contribution < 1.29 is 9.47 Å². The van der Waals surface area contributed by atoms with Crippen LogP contribution in [0.4, 0.5) is 5.82 Å². The first kappa shape index (κ1) is 12.2. The highest BCUT2D eigenvalue weighted by atomic mass is 16.6. The van der Waals surface area contributed by atoms with Crippen LogP contribution in [0.3, 0.4) is 0 Å². The van der Waals surface area contributed by atoms with E-state index < -0.39 is 0 Å². The summed E-state index contributed by atoms with van der Waals surface area (Å²) in [6.45, 7) is 5.70. The molecule has 17 heavy (non-hydrogen) atoms. The highest BCUT2D eigenvalue weighted by Crippen LogP contribution is 2.22. The number of nitrogens with two attached hydrogens (primary N) is 1. The summed E-state index contributed by atoms with van der Waals surface area (Å²) in [5, 5.41) is 0. The Hall–Kier alpha value is -1.24. The van der Waals surface area contributed by atoms with Crippen LogP contribution in [0.1, 0.15) is 30.1 Å². The van der Waals surface area contributed by atoms with Gasteiger partial charge in [-0.05, 0) is 13.3 Å². The number of hydrazine groups is 1. The van der Waals surface area contributed by atoms with Gasteiger partial charge in [-0.15, -0.1) is 0 Å². The Kier molecular flexibility index (Phi) is 3.88. The van der Waals surface area contributed by atoms with Crippen LogP contribution in [0, 0.1) is 6.92 Å². The maximum atomic E-state index is 5.57. The average Bonchev–Trinajstić information content (AvgIpc) is 2.38. The Morgan fingerprint density at radius 2 is 2.24 bits per heavy atom. The fourth-order valence-corrected chi connectivity index (χ4v) is 1.94. The molecule has 0 aliphatic carbocycles. The molecule has 1 atom stereocenters. The van der Waals surface area contributed by atoms with Crippen molar-refractivity contribution in [2.75, 3.05) is 25.2 Å². The van der Waals surface area contributed by atoms with Gasteiger partial charge in [0.05, 0.1) is 19.8 Å². The number of nitrogens with zero attached hydrogens (tertiary/aromatic N) is 2. The molecule has 0 aromatic carbocycles. The van der Waals surface area contributed by atoms with Crippen molar-refractivity contribution in [3.8, 4) is 0 Å². The van der Waals surface area contributed by atoms with Crippen molar-refractivity contribution in [1.82, 2.24) is 9.97 Å². The number of hydrogen-bond donors (Lipinski definition) is 2. The Morgan fingerprint density at radius 1 is 1.41 bits per heavy atom. The molecule has 0 radical (unpaired) electrons. The lowest BCUT2D eigenvalue weighted by molar-refractivity contribution is -0.0935. The molecule has 1 aromatic heterocycles. The topological polar surface area (TPSA) is 82.3 Å². The third-order valence-electron chi connectivity index (χ3n) is 2.83. The lowest BCUT2D eigenvalue weighted by Gasteiger charge is -2.23. The molecular formula is C11H18N4O2. The van der Waals surface area contributed by atoms with Crippen molar-refractivity contribution in [3.05, 3.63) is 17.1 Å². The summed E-state index contributed by atoms with van der Waals surface area (Å²) in [7, 11) is 0. The maximum absolute atomic E-state index is 5.57. The maximum Gasteiger partial charge on any atom is 0.162 e. The quantitative estimate of drug-likeness (QED) is 0.596. The third kappa shape index (κ3) is 2.54. The number of nitrogens with one attached hydrogen (secondary N) is 1. The molecule has 1 aliphatic heterocycles. The summed E-state index contributed by atoms with van der Waals surface area (Å²) in [6, 6.07) is 0. The molecule has 0 bridgehead atoms. The lowest BCUT2D eigenvalue weighted by atomic mass is 10.1. The van der Waals surface area contributed by atoms with Crippen LogP contribution in [0.2, 0.25) is 0 Å². The van der Waals surface area contributed by atoms with Crippen LogP contribution >= 0.6 is 0 Å². The van der Waals surface area contributed by atoms with E-state index in [9.17, 15) is 0 Å². The number of aromatic nitrogens is 2. The molecule has 1 aliphatic rings. The van der Waals surface area contributed by atoms with Gasteiger partial charge in [-0.1, -0.05) is 6.92 Å². The van der Waals surface area contributed by atoms with E-state index in [0.717, 1.165) is 17.7 Å². The Morgan fingerprint density at radius 3 is 2.82 bits per heavy atom. The van der Waals surface area contributed by atoms with E-state index in [-0.39, 0.29) is 6.10 Å². The van der Waals surface area contributed by atoms with Gasteiger partial charge >= 0.3 is 0 Å². The molecule has 1 aromatic rings. The highest BCUT2D eigenvalue weighted by Gasteiger charge is 2.21. The van der Waals surface area contributed by atoms with Crippen LogP contribution in [-0.2, 0) is 15.9 Å². The van der Waals surface area contributed by atoms with Crippen molar-refractivity contribution in [2.45, 2.75) is 26.4 Å². The summed E-state index contributed by atoms with van der Waals surface area (Å²) in [5.74, 6) is 6.78. The smallest absolute Gasteiger partial charge is 0.162 e. The summed E-state index contributed by atoms with van der Waals surface area (Å²) >= 11 is 0. The molecule has 1 fully saturated rings. The van der Waals surface area contributed by atoms with Gasteiger partial charge in [0.25, 0.3) is 0 Å². The van der Waals surface area contributed by atoms with Gasteiger partial charge in [-0.3, -0.25) is 0 Å². The van der Waals surface area contributed by atoms with Crippen molar-refractivity contribution in [2.24, 2.45) is 5.84 Å². The zero-order valence-electron chi connectivity index (χ0n) is 10.2. The Balaban J connectivity index is 2.31. The van der Waals surface area contributed by atoms with Crippen LogP contribution < -0.4 is 11.3 Å². The molecular weight excluding hydrogens is 220 g/mol. The van der Waals surface area contributed by atoms with Crippen LogP contribution in [-0.4, -0.2) is 29.8 Å². The second kappa shape index (κ2) is 5.39. The normalized spacial score (nSPS) is 20.3. The van der Waals surface area contributed by atoms with Gasteiger partial charge in [0.1, 0.15) is 11.9 Å². The standard InChI is InChI=1S/C11H18N4O2/c1-3-8-7(2)13-11(14-10(8)15-12)9-6-16-4-5-17-9/h9H,3-6,12H2,1-2H3,(H,13,14,15). The molecule has 94 valence electrons. The van der Waals surface area contributed by atoms with Gasteiger partial charge in [0.2, 0.25) is 0 Å². The van der Waals surface area contributed by atoms with E-state index >= 15 is 0 Å². The summed E-state index contributed by atoms with van der Waals surface area (Å²) in [5.41, 5.74) is 4.58. The SMILES string of the molecule is CCc1c(C)nc(C2COCCO2)nc1NN. The van der Waals surface area contributed by atoms with Gasteiger partial charge in [-0.2, -0.15) is 0 Å². The Bertz CT molecular complexity index is 391. The van der Waals surface area contributed by atoms with E-state index in [4.69, 9.17) is 15.3 Å². The van der Waals surface area contributed by atoms with Gasteiger partial charge in [0, 0.05) is 11.3 Å². The second-order valence-corrected chi connectivity index (χ2v) is 3.93. The first-order valence-electron chi connectivity index (χ1n) is 5.79. The minimum absolute atomic E-state index is 0.194. The molecule has 2 rings (SSSR count). The van der Waals surface area contributed by atoms with Gasteiger partial charge in [-0.25, -0.2) is 15.8 Å². The van der Waals surface area contributed by atoms with E-state index in [1.165, 1.54) is 0 Å². The first-order valence-corrected chi connectivity index (χ1v) is 5.79. The number of anilines is 1. The number of hydrogen-bond acceptors (Lipinski definition) is 6. The summed E-state index contributed by atoms with van der Waals surface area (Å²) in [6.07, 6.45) is 0.647. The molecule has 6 heteroatoms. The zero-order valence-corrected chi connectivity index (χ0v) is 10.2. The molecule has 0 spiro atoms. The van der Waals surface area contributed by atoms with Gasteiger partial charge < -0.3 is 14.9 Å². The molecule has 1 unspecified atom stereocenters. The zero-order chi connectivity index (χ0) is 12.3. The minimum atomic E-state index is -0.194. The predicted octanol–water partition coefficient (Wildman–Crippen LogP) is 0.721. The molecule has 3 N–H and O–H groups in total. The largest absolute Gasteiger partial charge is 0.376 e. The molecule has 1 saturated heterocycles. The van der Waals surface area contributed by atoms with Crippen LogP contribution in [0.15, 0.2) is 0 Å². The number of aryl methyl sites for hydroxylation is 1. The monoisotopic (exact) mass is 238 g/mol. The number of ether oxygens (including phenoxy) is 2. The molecule has 0 saturated carbocycles. The van der Waals surface area contributed by atoms with E-state index in [2.05, 4.69) is 15.4 Å². The number of nitrogen functional groups attached to an aromatic ring is 1. The number of rotatable bonds is 3. The average molecular weight is 238 g/mol. The fourth-order valence-electron chi connectivity index (χ4n) is 1.94. The van der Waals surface area contributed by atoms with Crippen LogP contribution in [0.5, 0.6) is 0 Å². The van der Waals surface area contributed by atoms with Crippen LogP contribution in [0.25, 0.3) is 0 Å². The summed E-state index contributed by atoms with van der Waals surface area (Å²) in [4.78, 5) is 8.86. The molecule has 2 heterocycles. The third-order valence-corrected chi connectivity index (χ3v) is 2.83. The lowest BCUT2D eigenvalue weighted by Crippen LogP contribution is -2.25. The minimum Gasteiger partial charge on any atom is -0.376 e. The highest BCUT2D eigenvalue weighted by molar-refractivity contribution is 5.45. The second-order valence-electron chi connectivity index (χ2n) is 3.93. The molecule has 6 nitrogen and oxygen atoms in total. The van der Waals surface area contributed by atoms with E-state index in [0.29, 0.717) is 31.5 Å². The van der Waals surface area contributed by atoms with Crippen molar-refractivity contribution >= 4 is 5.82 Å². The van der Waals surface area contributed by atoms with Crippen molar-refractivity contribution in [1.29, 1.82) is 0 Å². The first-order chi connectivity index (χ1) is 8.26. The molecule has 0 amide bonds. The van der Waals surface area contributed by atoms with E-state index in [1.807, 2.05) is 13.8 Å². The fraction of sp³-hybridized carbons (Fsp3) is 0.636. The van der Waals surface area contributed by atoms with E-state index in [1.54, 1.807) is 0 Å². The Labute approximate surface area is 101 Å². The van der Waals surface area contributed by atoms with Gasteiger partial charge in [0.15, 0.2) is 5.82 Å². The summed E-state index contributed by atoms with van der Waals surface area (Å²) < 4.78 is 10.9. The predicted molar refractivity (Wildman–Crippen MR) is 63.5 cm³/mol.